The Bertz CT molecular complexity index is 2450. The van der Waals surface area contributed by atoms with E-state index in [9.17, 15) is 23.2 Å². The number of aromatic nitrogens is 4. The largest absolute Gasteiger partial charge is 0.494 e. The Hall–Kier alpha value is -6.34. The van der Waals surface area contributed by atoms with Gasteiger partial charge in [-0.15, -0.1) is 12.4 Å². The lowest BCUT2D eigenvalue weighted by Crippen LogP contribution is -2.40. The molecule has 66 heavy (non-hydrogen) atoms. The average Bonchev–Trinajstić information content (AvgIpc) is 4.03. The first-order valence-electron chi connectivity index (χ1n) is 21.7. The highest BCUT2D eigenvalue weighted by Gasteiger charge is 2.35. The molecule has 0 aliphatic carbocycles. The summed E-state index contributed by atoms with van der Waals surface area (Å²) in [4.78, 5) is 67.7. The van der Waals surface area contributed by atoms with Crippen molar-refractivity contribution < 1.29 is 42.3 Å². The quantitative estimate of drug-likeness (QED) is 0.164. The van der Waals surface area contributed by atoms with Crippen molar-refractivity contribution in [2.24, 2.45) is 22.1 Å². The molecule has 6 heterocycles. The number of hydrogen-bond donors (Lipinski definition) is 3. The molecule has 0 bridgehead atoms. The maximum absolute atomic E-state index is 13.6. The van der Waals surface area contributed by atoms with Crippen LogP contribution in [0.15, 0.2) is 58.8 Å². The van der Waals surface area contributed by atoms with Crippen molar-refractivity contribution >= 4 is 41.6 Å². The van der Waals surface area contributed by atoms with Crippen LogP contribution in [0.3, 0.4) is 0 Å². The molecule has 3 amide bonds. The third-order valence-electron chi connectivity index (χ3n) is 11.9. The van der Waals surface area contributed by atoms with Gasteiger partial charge in [0.2, 0.25) is 5.91 Å². The van der Waals surface area contributed by atoms with Crippen molar-refractivity contribution in [3.05, 3.63) is 106 Å². The number of hydrogen-bond acceptors (Lipinski definition) is 14. The lowest BCUT2D eigenvalue weighted by atomic mass is 9.88. The molecule has 2 aromatic carbocycles. The number of carbonyl (C=O) groups is 3. The Balaban J connectivity index is 0.000000216. The van der Waals surface area contributed by atoms with Crippen LogP contribution in [0, 0.1) is 37.3 Å². The van der Waals surface area contributed by atoms with Gasteiger partial charge in [0.15, 0.2) is 23.1 Å². The van der Waals surface area contributed by atoms with E-state index in [1.54, 1.807) is 51.1 Å². The highest BCUT2D eigenvalue weighted by molar-refractivity contribution is 6.02. The first-order valence-corrected chi connectivity index (χ1v) is 21.7. The Labute approximate surface area is 387 Å². The summed E-state index contributed by atoms with van der Waals surface area (Å²) in [5, 5.41) is 17.5. The Morgan fingerprint density at radius 2 is 1.14 bits per heavy atom. The van der Waals surface area contributed by atoms with E-state index in [1.165, 1.54) is 32.4 Å². The summed E-state index contributed by atoms with van der Waals surface area (Å²) < 4.78 is 37.1. The summed E-state index contributed by atoms with van der Waals surface area (Å²) in [5.41, 5.74) is 4.48. The Kier molecular flexibility index (Phi) is 16.9. The molecule has 0 radical (unpaired) electrons. The number of benzene rings is 2. The predicted molar refractivity (Wildman–Crippen MR) is 242 cm³/mol. The van der Waals surface area contributed by atoms with Crippen LogP contribution in [0.2, 0.25) is 0 Å². The fraction of sp³-hybridized carbons (Fsp3) is 0.457. The van der Waals surface area contributed by atoms with Crippen molar-refractivity contribution in [1.29, 1.82) is 0 Å². The molecule has 17 nitrogen and oxygen atoms in total. The van der Waals surface area contributed by atoms with E-state index in [1.807, 2.05) is 4.90 Å². The van der Waals surface area contributed by atoms with Crippen LogP contribution in [0.25, 0.3) is 0 Å². The van der Waals surface area contributed by atoms with E-state index in [-0.39, 0.29) is 78.3 Å². The maximum Gasteiger partial charge on any atom is 0.270 e. The third-order valence-corrected chi connectivity index (χ3v) is 11.9. The van der Waals surface area contributed by atoms with Gasteiger partial charge in [0, 0.05) is 57.8 Å². The topological polar surface area (TPSA) is 204 Å². The minimum Gasteiger partial charge on any atom is -0.494 e. The number of halogens is 3. The molecule has 2 unspecified atom stereocenters. The molecule has 8 rings (SSSR count). The van der Waals surface area contributed by atoms with E-state index in [2.05, 4.69) is 46.2 Å². The van der Waals surface area contributed by atoms with Gasteiger partial charge in [-0.05, 0) is 100 Å². The molecule has 0 saturated carbocycles. The van der Waals surface area contributed by atoms with Crippen molar-refractivity contribution in [2.45, 2.75) is 84.6 Å². The molecule has 4 aliphatic rings. The van der Waals surface area contributed by atoms with Gasteiger partial charge in [-0.25, -0.2) is 28.7 Å². The number of amides is 3. The van der Waals surface area contributed by atoms with Gasteiger partial charge in [-0.1, -0.05) is 22.4 Å². The second-order valence-electron chi connectivity index (χ2n) is 16.4. The molecule has 2 atom stereocenters. The first kappa shape index (κ1) is 49.1. The second-order valence-corrected chi connectivity index (χ2v) is 16.4. The molecular formula is C46H55ClF2N10O7. The fourth-order valence-electron chi connectivity index (χ4n) is 8.24. The number of nitrogens with zero attached hydrogens (tertiary/aromatic N) is 7. The predicted octanol–water partition coefficient (Wildman–Crippen LogP) is 5.39. The van der Waals surface area contributed by atoms with Gasteiger partial charge in [0.05, 0.1) is 25.6 Å². The van der Waals surface area contributed by atoms with Gasteiger partial charge < -0.3 is 40.0 Å². The minimum absolute atomic E-state index is 0. The van der Waals surface area contributed by atoms with Crippen LogP contribution in [0.4, 0.5) is 8.78 Å². The number of rotatable bonds is 12. The maximum atomic E-state index is 13.6. The van der Waals surface area contributed by atoms with Crippen molar-refractivity contribution in [2.75, 3.05) is 40.4 Å². The summed E-state index contributed by atoms with van der Waals surface area (Å²) in [7, 11) is 2.79. The lowest BCUT2D eigenvalue weighted by molar-refractivity contribution is -0.130. The summed E-state index contributed by atoms with van der Waals surface area (Å²) in [5.74, 6) is 0.451. The van der Waals surface area contributed by atoms with E-state index >= 15 is 0 Å². The molecule has 3 N–H and O–H groups in total. The Morgan fingerprint density at radius 3 is 1.56 bits per heavy atom. The highest BCUT2D eigenvalue weighted by Crippen LogP contribution is 2.30. The number of piperidine rings is 2. The molecule has 20 heteroatoms. The molecule has 2 aromatic heterocycles. The SMILES string of the molecule is COc1cc(CNC(=O)c2cc(C3=NOC(C4CCN(C(C)=O)CC4)C3)nc(C)n2)ccc1F.COc1cc(CNC(=O)c2cc(C3=NOC(C4CCNCC4)C3)nc(C)n2)ccc1F.Cl. The van der Waals surface area contributed by atoms with Crippen molar-refractivity contribution in [3.8, 4) is 11.5 Å². The van der Waals surface area contributed by atoms with Crippen LogP contribution < -0.4 is 25.4 Å². The van der Waals surface area contributed by atoms with E-state index < -0.39 is 11.6 Å². The molecule has 4 aliphatic heterocycles. The van der Waals surface area contributed by atoms with Crippen molar-refractivity contribution in [3.63, 3.8) is 0 Å². The summed E-state index contributed by atoms with van der Waals surface area (Å²) >= 11 is 0. The highest BCUT2D eigenvalue weighted by atomic mass is 35.5. The van der Waals surface area contributed by atoms with Gasteiger partial charge in [-0.2, -0.15) is 0 Å². The fourth-order valence-corrected chi connectivity index (χ4v) is 8.24. The van der Waals surface area contributed by atoms with Crippen molar-refractivity contribution in [1.82, 2.24) is 40.8 Å². The van der Waals surface area contributed by atoms with Crippen LogP contribution in [-0.4, -0.2) is 107 Å². The molecule has 2 saturated heterocycles. The van der Waals surface area contributed by atoms with Gasteiger partial charge in [0.25, 0.3) is 11.8 Å². The van der Waals surface area contributed by atoms with E-state index in [4.69, 9.17) is 19.1 Å². The zero-order valence-electron chi connectivity index (χ0n) is 37.6. The summed E-state index contributed by atoms with van der Waals surface area (Å²) in [6.45, 7) is 8.91. The molecule has 4 aromatic rings. The molecule has 352 valence electrons. The standard InChI is InChI=1S/C24H28FN5O4.C22H26FN5O3.ClH/c1-14-27-19(20-12-22(34-29-20)17-6-8-30(9-7-17)15(2)31)11-21(28-14)24(32)26-13-16-4-5-18(25)23(10-16)33-3;1-13-26-17(18-11-20(31-28-18)15-5-7-24-8-6-15)10-19(27-13)22(29)25-12-14-3-4-16(23)21(9-14)30-2;/h4-5,10-11,17,22H,6-9,12-13H2,1-3H3,(H,26,32);3-4,9-10,15,20,24H,5-8,11-12H2,1-2H3,(H,25,29);1H. The number of aryl methyl sites for hydroxylation is 2. The van der Waals surface area contributed by atoms with E-state index in [0.717, 1.165) is 63.1 Å². The van der Waals surface area contributed by atoms with Gasteiger partial charge in [0.1, 0.15) is 46.7 Å². The minimum atomic E-state index is -0.462. The van der Waals surface area contributed by atoms with Gasteiger partial charge in [-0.3, -0.25) is 14.4 Å². The number of nitrogens with one attached hydrogen (secondary N) is 3. The number of methoxy groups -OCH3 is 2. The van der Waals surface area contributed by atoms with Crippen LogP contribution in [-0.2, 0) is 27.6 Å². The number of oxime groups is 2. The lowest BCUT2D eigenvalue weighted by Gasteiger charge is -2.33. The molecule has 0 spiro atoms. The monoisotopic (exact) mass is 932 g/mol. The zero-order chi connectivity index (χ0) is 46.0. The smallest absolute Gasteiger partial charge is 0.270 e. The van der Waals surface area contributed by atoms with Crippen LogP contribution >= 0.6 is 12.4 Å². The van der Waals surface area contributed by atoms with Crippen LogP contribution in [0.1, 0.15) is 101 Å². The third kappa shape index (κ3) is 12.5. The summed E-state index contributed by atoms with van der Waals surface area (Å²) in [6, 6.07) is 12.1. The average molecular weight is 933 g/mol. The number of carbonyl (C=O) groups excluding carboxylic acids is 3. The molecule has 2 fully saturated rings. The van der Waals surface area contributed by atoms with Gasteiger partial charge >= 0.3 is 0 Å². The summed E-state index contributed by atoms with van der Waals surface area (Å²) in [6.07, 6.45) is 5.14. The zero-order valence-corrected chi connectivity index (χ0v) is 38.4. The molecular weight excluding hydrogens is 878 g/mol. The number of likely N-dealkylation sites (tertiary alicyclic amines) is 1. The number of ether oxygens (including phenoxy) is 2. The van der Waals surface area contributed by atoms with E-state index in [0.29, 0.717) is 59.0 Å². The Morgan fingerprint density at radius 1 is 0.697 bits per heavy atom. The van der Waals surface area contributed by atoms with Crippen LogP contribution in [0.5, 0.6) is 11.5 Å². The first-order chi connectivity index (χ1) is 31.4. The second kappa shape index (κ2) is 22.7. The normalized spacial score (nSPS) is 18.3.